The number of Topliss-reactive ketones (excluding diaryl/α,β-unsaturated/α-hetero) is 1. The Bertz CT molecular complexity index is 972. The molecule has 1 amide bonds. The summed E-state index contributed by atoms with van der Waals surface area (Å²) in [5, 5.41) is 11.1. The standard InChI is InChI=1S/C24H25NO5/c1-29-18-11-7-15(8-12-18)21-20(22(26)16-9-13-19(30-2)14-10-16)23(27)24(28)25(21)17-5-3-4-6-17/h7-14,17,21,26H,3-6H2,1-2H3/b22-20+. The Kier molecular flexibility index (Phi) is 5.48. The molecule has 30 heavy (non-hydrogen) atoms. The van der Waals surface area contributed by atoms with Crippen LogP contribution in [0.25, 0.3) is 5.76 Å². The number of hydrogen-bond donors (Lipinski definition) is 1. The van der Waals surface area contributed by atoms with E-state index in [1.165, 1.54) is 0 Å². The monoisotopic (exact) mass is 407 g/mol. The Balaban J connectivity index is 1.84. The second-order valence-electron chi connectivity index (χ2n) is 7.65. The van der Waals surface area contributed by atoms with Crippen LogP contribution in [-0.4, -0.2) is 42.0 Å². The summed E-state index contributed by atoms with van der Waals surface area (Å²) < 4.78 is 10.4. The number of nitrogens with zero attached hydrogens (tertiary/aromatic N) is 1. The largest absolute Gasteiger partial charge is 0.507 e. The molecule has 1 N–H and O–H groups in total. The van der Waals surface area contributed by atoms with Crippen LogP contribution >= 0.6 is 0 Å². The van der Waals surface area contributed by atoms with E-state index < -0.39 is 17.7 Å². The Labute approximate surface area is 175 Å². The molecule has 4 rings (SSSR count). The topological polar surface area (TPSA) is 76.1 Å². The Hall–Kier alpha value is -3.28. The maximum absolute atomic E-state index is 13.1. The van der Waals surface area contributed by atoms with Crippen molar-refractivity contribution in [1.29, 1.82) is 0 Å². The van der Waals surface area contributed by atoms with Gasteiger partial charge in [-0.05, 0) is 54.8 Å². The molecule has 0 spiro atoms. The van der Waals surface area contributed by atoms with Crippen molar-refractivity contribution in [1.82, 2.24) is 4.90 Å². The number of ether oxygens (including phenoxy) is 2. The number of rotatable bonds is 5. The number of hydrogen-bond acceptors (Lipinski definition) is 5. The number of likely N-dealkylation sites (tertiary alicyclic amines) is 1. The molecular formula is C24H25NO5. The van der Waals surface area contributed by atoms with Gasteiger partial charge in [0.1, 0.15) is 17.3 Å². The average Bonchev–Trinajstić information content (AvgIpc) is 3.40. The van der Waals surface area contributed by atoms with Crippen molar-refractivity contribution < 1.29 is 24.2 Å². The molecule has 1 saturated carbocycles. The predicted octanol–water partition coefficient (Wildman–Crippen LogP) is 4.07. The van der Waals surface area contributed by atoms with Gasteiger partial charge in [0.05, 0.1) is 25.8 Å². The molecule has 0 aromatic heterocycles. The van der Waals surface area contributed by atoms with Gasteiger partial charge in [0.25, 0.3) is 11.7 Å². The van der Waals surface area contributed by atoms with Gasteiger partial charge in [0, 0.05) is 11.6 Å². The molecule has 0 bridgehead atoms. The van der Waals surface area contributed by atoms with E-state index in [2.05, 4.69) is 0 Å². The van der Waals surface area contributed by atoms with Crippen LogP contribution in [0.4, 0.5) is 0 Å². The summed E-state index contributed by atoms with van der Waals surface area (Å²) in [7, 11) is 3.15. The first-order chi connectivity index (χ1) is 14.5. The molecule has 156 valence electrons. The molecule has 6 heteroatoms. The molecule has 0 radical (unpaired) electrons. The molecule has 1 saturated heterocycles. The van der Waals surface area contributed by atoms with Crippen molar-refractivity contribution in [3.8, 4) is 11.5 Å². The summed E-state index contributed by atoms with van der Waals surface area (Å²) in [5.74, 6) is -0.0254. The number of aliphatic hydroxyl groups excluding tert-OH is 1. The van der Waals surface area contributed by atoms with E-state index in [4.69, 9.17) is 9.47 Å². The minimum absolute atomic E-state index is 0.00489. The molecule has 2 aromatic rings. The third kappa shape index (κ3) is 3.43. The number of methoxy groups -OCH3 is 2. The van der Waals surface area contributed by atoms with Crippen molar-refractivity contribution in [2.24, 2.45) is 0 Å². The molecule has 2 aromatic carbocycles. The lowest BCUT2D eigenvalue weighted by atomic mass is 9.94. The first kappa shape index (κ1) is 20.0. The Morgan fingerprint density at radius 3 is 1.97 bits per heavy atom. The molecule has 1 atom stereocenters. The van der Waals surface area contributed by atoms with Crippen LogP contribution in [0.3, 0.4) is 0 Å². The fraction of sp³-hybridized carbons (Fsp3) is 0.333. The zero-order chi connectivity index (χ0) is 21.3. The summed E-state index contributed by atoms with van der Waals surface area (Å²) >= 11 is 0. The Morgan fingerprint density at radius 1 is 0.900 bits per heavy atom. The number of ketones is 1. The highest BCUT2D eigenvalue weighted by Gasteiger charge is 2.49. The number of amides is 1. The van der Waals surface area contributed by atoms with E-state index in [-0.39, 0.29) is 17.4 Å². The van der Waals surface area contributed by atoms with Crippen LogP contribution in [0.2, 0.25) is 0 Å². The van der Waals surface area contributed by atoms with Crippen molar-refractivity contribution in [2.45, 2.75) is 37.8 Å². The van der Waals surface area contributed by atoms with Crippen LogP contribution < -0.4 is 9.47 Å². The average molecular weight is 407 g/mol. The molecule has 1 heterocycles. The van der Waals surface area contributed by atoms with Gasteiger partial charge >= 0.3 is 0 Å². The van der Waals surface area contributed by atoms with Gasteiger partial charge < -0.3 is 19.5 Å². The predicted molar refractivity (Wildman–Crippen MR) is 112 cm³/mol. The molecule has 1 aliphatic carbocycles. The van der Waals surface area contributed by atoms with Crippen molar-refractivity contribution in [2.75, 3.05) is 14.2 Å². The number of benzene rings is 2. The lowest BCUT2D eigenvalue weighted by Crippen LogP contribution is -2.37. The van der Waals surface area contributed by atoms with Crippen LogP contribution in [0.15, 0.2) is 54.1 Å². The quantitative estimate of drug-likeness (QED) is 0.459. The number of carbonyl (C=O) groups excluding carboxylic acids is 2. The van der Waals surface area contributed by atoms with Gasteiger partial charge in [0.15, 0.2) is 0 Å². The number of carbonyl (C=O) groups is 2. The second kappa shape index (κ2) is 8.22. The van der Waals surface area contributed by atoms with Gasteiger partial charge in [0.2, 0.25) is 0 Å². The zero-order valence-corrected chi connectivity index (χ0v) is 17.1. The molecule has 2 fully saturated rings. The normalized spacial score (nSPS) is 21.3. The van der Waals surface area contributed by atoms with Crippen LogP contribution in [-0.2, 0) is 9.59 Å². The summed E-state index contributed by atoms with van der Waals surface area (Å²) in [6.07, 6.45) is 3.79. The summed E-state index contributed by atoms with van der Waals surface area (Å²) in [4.78, 5) is 27.8. The third-order valence-electron chi connectivity index (χ3n) is 5.99. The Morgan fingerprint density at radius 2 is 1.43 bits per heavy atom. The molecule has 2 aliphatic rings. The summed E-state index contributed by atoms with van der Waals surface area (Å²) in [6, 6.07) is 13.5. The van der Waals surface area contributed by atoms with Crippen molar-refractivity contribution in [3.63, 3.8) is 0 Å². The van der Waals surface area contributed by atoms with Gasteiger partial charge in [-0.15, -0.1) is 0 Å². The third-order valence-corrected chi connectivity index (χ3v) is 5.99. The first-order valence-corrected chi connectivity index (χ1v) is 10.1. The fourth-order valence-electron chi connectivity index (χ4n) is 4.43. The van der Waals surface area contributed by atoms with Crippen LogP contribution in [0.1, 0.15) is 42.9 Å². The van der Waals surface area contributed by atoms with E-state index in [0.717, 1.165) is 31.2 Å². The van der Waals surface area contributed by atoms with Crippen LogP contribution in [0.5, 0.6) is 11.5 Å². The van der Waals surface area contributed by atoms with E-state index >= 15 is 0 Å². The van der Waals surface area contributed by atoms with Gasteiger partial charge in [-0.25, -0.2) is 0 Å². The highest BCUT2D eigenvalue weighted by molar-refractivity contribution is 6.46. The van der Waals surface area contributed by atoms with Gasteiger partial charge in [-0.1, -0.05) is 25.0 Å². The zero-order valence-electron chi connectivity index (χ0n) is 17.1. The fourth-order valence-corrected chi connectivity index (χ4v) is 4.43. The van der Waals surface area contributed by atoms with E-state index in [9.17, 15) is 14.7 Å². The highest BCUT2D eigenvalue weighted by Crippen LogP contribution is 2.43. The van der Waals surface area contributed by atoms with E-state index in [1.807, 2.05) is 12.1 Å². The maximum Gasteiger partial charge on any atom is 0.295 e. The van der Waals surface area contributed by atoms with Gasteiger partial charge in [-0.2, -0.15) is 0 Å². The number of aliphatic hydroxyl groups is 1. The van der Waals surface area contributed by atoms with Crippen molar-refractivity contribution >= 4 is 17.4 Å². The molecule has 1 unspecified atom stereocenters. The van der Waals surface area contributed by atoms with Gasteiger partial charge in [-0.3, -0.25) is 9.59 Å². The molecule has 6 nitrogen and oxygen atoms in total. The summed E-state index contributed by atoms with van der Waals surface area (Å²) in [5.41, 5.74) is 1.37. The summed E-state index contributed by atoms with van der Waals surface area (Å²) in [6.45, 7) is 0. The minimum atomic E-state index is -0.643. The van der Waals surface area contributed by atoms with E-state index in [1.54, 1.807) is 55.5 Å². The van der Waals surface area contributed by atoms with E-state index in [0.29, 0.717) is 17.1 Å². The lowest BCUT2D eigenvalue weighted by Gasteiger charge is -2.30. The molecule has 1 aliphatic heterocycles. The lowest BCUT2D eigenvalue weighted by molar-refractivity contribution is -0.141. The maximum atomic E-state index is 13.1. The second-order valence-corrected chi connectivity index (χ2v) is 7.65. The highest BCUT2D eigenvalue weighted by atomic mass is 16.5. The first-order valence-electron chi connectivity index (χ1n) is 10.1. The van der Waals surface area contributed by atoms with Crippen LogP contribution in [0, 0.1) is 0 Å². The van der Waals surface area contributed by atoms with Crippen molar-refractivity contribution in [3.05, 3.63) is 65.2 Å². The SMILES string of the molecule is COc1ccc(/C(O)=C2\C(=O)C(=O)N(C3CCCC3)C2c2ccc(OC)cc2)cc1. The molecular weight excluding hydrogens is 382 g/mol. The minimum Gasteiger partial charge on any atom is -0.507 e. The smallest absolute Gasteiger partial charge is 0.295 e.